The van der Waals surface area contributed by atoms with Crippen molar-refractivity contribution >= 4 is 18.2 Å². The van der Waals surface area contributed by atoms with Gasteiger partial charge in [0.15, 0.2) is 11.5 Å². The molecule has 1 aromatic carbocycles. The van der Waals surface area contributed by atoms with Crippen LogP contribution in [0, 0.1) is 11.3 Å². The molecule has 96 valence electrons. The van der Waals surface area contributed by atoms with Gasteiger partial charge in [-0.1, -0.05) is 19.9 Å². The van der Waals surface area contributed by atoms with E-state index in [1.165, 1.54) is 0 Å². The van der Waals surface area contributed by atoms with E-state index in [0.717, 1.165) is 0 Å². The molecule has 0 aromatic heterocycles. The summed E-state index contributed by atoms with van der Waals surface area (Å²) in [6.07, 6.45) is 0. The lowest BCUT2D eigenvalue weighted by Crippen LogP contribution is -2.15. The largest absolute Gasteiger partial charge is 0.493 e. The van der Waals surface area contributed by atoms with Gasteiger partial charge in [0, 0.05) is 0 Å². The third kappa shape index (κ3) is 4.15. The van der Waals surface area contributed by atoms with E-state index in [-0.39, 0.29) is 18.2 Å². The van der Waals surface area contributed by atoms with Crippen molar-refractivity contribution in [2.24, 2.45) is 11.7 Å². The summed E-state index contributed by atoms with van der Waals surface area (Å²) in [5.41, 5.74) is 6.06. The molecule has 0 saturated heterocycles. The van der Waals surface area contributed by atoms with Crippen LogP contribution < -0.4 is 15.2 Å². The number of nitrogens with one attached hydrogen (secondary N) is 1. The fourth-order valence-corrected chi connectivity index (χ4v) is 1.29. The first kappa shape index (κ1) is 15.6. The second-order valence-electron chi connectivity index (χ2n) is 3.96. The van der Waals surface area contributed by atoms with E-state index < -0.39 is 0 Å². The highest BCUT2D eigenvalue weighted by Crippen LogP contribution is 2.31. The number of rotatable bonds is 5. The second-order valence-corrected chi connectivity index (χ2v) is 3.96. The Morgan fingerprint density at radius 2 is 2.06 bits per heavy atom. The molecular weight excluding hydrogens is 240 g/mol. The molecule has 0 unspecified atom stereocenters. The van der Waals surface area contributed by atoms with Crippen molar-refractivity contribution in [2.75, 3.05) is 13.7 Å². The van der Waals surface area contributed by atoms with Crippen LogP contribution in [0.4, 0.5) is 0 Å². The predicted octanol–water partition coefficient (Wildman–Crippen LogP) is 2.44. The molecule has 0 fully saturated rings. The Bertz CT molecular complexity index is 381. The molecule has 17 heavy (non-hydrogen) atoms. The zero-order chi connectivity index (χ0) is 12.1. The number of hydrogen-bond donors (Lipinski definition) is 2. The Balaban J connectivity index is 0.00000256. The number of hydrogen-bond acceptors (Lipinski definition) is 3. The van der Waals surface area contributed by atoms with E-state index in [2.05, 4.69) is 13.8 Å². The SMILES string of the molecule is COc1cccc(C(=N)N)c1OCC(C)C.Cl. The number of nitrogen functional groups attached to an aromatic ring is 1. The van der Waals surface area contributed by atoms with E-state index >= 15 is 0 Å². The average Bonchev–Trinajstić information content (AvgIpc) is 2.25. The van der Waals surface area contributed by atoms with Gasteiger partial charge < -0.3 is 15.2 Å². The van der Waals surface area contributed by atoms with Crippen LogP contribution in [0.3, 0.4) is 0 Å². The lowest BCUT2D eigenvalue weighted by molar-refractivity contribution is 0.256. The third-order valence-corrected chi connectivity index (χ3v) is 2.05. The van der Waals surface area contributed by atoms with E-state index in [9.17, 15) is 0 Å². The van der Waals surface area contributed by atoms with E-state index in [1.54, 1.807) is 25.3 Å². The Morgan fingerprint density at radius 3 is 2.53 bits per heavy atom. The summed E-state index contributed by atoms with van der Waals surface area (Å²) in [7, 11) is 1.57. The summed E-state index contributed by atoms with van der Waals surface area (Å²) in [4.78, 5) is 0. The first-order chi connectivity index (χ1) is 7.56. The molecule has 3 N–H and O–H groups in total. The first-order valence-electron chi connectivity index (χ1n) is 5.20. The minimum atomic E-state index is -0.0161. The molecule has 0 radical (unpaired) electrons. The predicted molar refractivity (Wildman–Crippen MR) is 71.6 cm³/mol. The second kappa shape index (κ2) is 7.01. The van der Waals surface area contributed by atoms with Gasteiger partial charge in [-0.3, -0.25) is 5.41 Å². The van der Waals surface area contributed by atoms with E-state index in [1.807, 2.05) is 0 Å². The third-order valence-electron chi connectivity index (χ3n) is 2.05. The van der Waals surface area contributed by atoms with Crippen LogP contribution in [0.15, 0.2) is 18.2 Å². The van der Waals surface area contributed by atoms with Crippen LogP contribution in [-0.2, 0) is 0 Å². The first-order valence-corrected chi connectivity index (χ1v) is 5.20. The van der Waals surface area contributed by atoms with Gasteiger partial charge in [-0.15, -0.1) is 12.4 Å². The highest BCUT2D eigenvalue weighted by molar-refractivity contribution is 5.98. The van der Waals surface area contributed by atoms with Gasteiger partial charge in [0.25, 0.3) is 0 Å². The molecule has 1 rings (SSSR count). The molecule has 0 aliphatic rings. The molecule has 4 nitrogen and oxygen atoms in total. The molecule has 1 aromatic rings. The summed E-state index contributed by atoms with van der Waals surface area (Å²) in [6.45, 7) is 4.69. The van der Waals surface area contributed by atoms with E-state index in [0.29, 0.717) is 29.6 Å². The topological polar surface area (TPSA) is 68.3 Å². The molecule has 0 aliphatic carbocycles. The van der Waals surface area contributed by atoms with Crippen LogP contribution in [0.1, 0.15) is 19.4 Å². The molecule has 0 aliphatic heterocycles. The van der Waals surface area contributed by atoms with E-state index in [4.69, 9.17) is 20.6 Å². The monoisotopic (exact) mass is 258 g/mol. The number of methoxy groups -OCH3 is 1. The van der Waals surface area contributed by atoms with Crippen molar-refractivity contribution in [1.29, 1.82) is 5.41 Å². The number of para-hydroxylation sites is 1. The fraction of sp³-hybridized carbons (Fsp3) is 0.417. The van der Waals surface area contributed by atoms with Gasteiger partial charge in [-0.2, -0.15) is 0 Å². The maximum Gasteiger partial charge on any atom is 0.172 e. The van der Waals surface area contributed by atoms with Crippen molar-refractivity contribution in [3.63, 3.8) is 0 Å². The van der Waals surface area contributed by atoms with Crippen molar-refractivity contribution in [3.8, 4) is 11.5 Å². The molecule has 0 amide bonds. The number of benzene rings is 1. The quantitative estimate of drug-likeness (QED) is 0.630. The molecule has 0 atom stereocenters. The van der Waals surface area contributed by atoms with Crippen LogP contribution in [0.5, 0.6) is 11.5 Å². The van der Waals surface area contributed by atoms with Crippen LogP contribution in [-0.4, -0.2) is 19.6 Å². The molecular formula is C12H19ClN2O2. The van der Waals surface area contributed by atoms with Crippen molar-refractivity contribution in [2.45, 2.75) is 13.8 Å². The smallest absolute Gasteiger partial charge is 0.172 e. The van der Waals surface area contributed by atoms with Crippen LogP contribution in [0.25, 0.3) is 0 Å². The summed E-state index contributed by atoms with van der Waals surface area (Å²) in [6, 6.07) is 5.33. The van der Waals surface area contributed by atoms with Crippen molar-refractivity contribution in [1.82, 2.24) is 0 Å². The Labute approximate surface area is 108 Å². The zero-order valence-corrected chi connectivity index (χ0v) is 11.1. The zero-order valence-electron chi connectivity index (χ0n) is 10.3. The minimum Gasteiger partial charge on any atom is -0.493 e. The van der Waals surface area contributed by atoms with Gasteiger partial charge in [0.05, 0.1) is 19.3 Å². The fourth-order valence-electron chi connectivity index (χ4n) is 1.29. The summed E-state index contributed by atoms with van der Waals surface area (Å²) in [5.74, 6) is 1.54. The van der Waals surface area contributed by atoms with Gasteiger partial charge >= 0.3 is 0 Å². The summed E-state index contributed by atoms with van der Waals surface area (Å²) < 4.78 is 10.8. The average molecular weight is 259 g/mol. The van der Waals surface area contributed by atoms with Crippen molar-refractivity contribution in [3.05, 3.63) is 23.8 Å². The maximum atomic E-state index is 7.48. The molecule has 5 heteroatoms. The Hall–Kier alpha value is -1.42. The maximum absolute atomic E-state index is 7.48. The Kier molecular flexibility index (Phi) is 6.43. The van der Waals surface area contributed by atoms with Gasteiger partial charge in [0.2, 0.25) is 0 Å². The normalized spacial score (nSPS) is 9.65. The van der Waals surface area contributed by atoms with Gasteiger partial charge in [-0.05, 0) is 18.1 Å². The van der Waals surface area contributed by atoms with Crippen LogP contribution >= 0.6 is 12.4 Å². The lowest BCUT2D eigenvalue weighted by Gasteiger charge is -2.15. The molecule has 0 saturated carbocycles. The van der Waals surface area contributed by atoms with Gasteiger partial charge in [-0.25, -0.2) is 0 Å². The highest BCUT2D eigenvalue weighted by Gasteiger charge is 2.12. The van der Waals surface area contributed by atoms with Gasteiger partial charge in [0.1, 0.15) is 5.84 Å². The molecule has 0 spiro atoms. The van der Waals surface area contributed by atoms with Crippen molar-refractivity contribution < 1.29 is 9.47 Å². The highest BCUT2D eigenvalue weighted by atomic mass is 35.5. The lowest BCUT2D eigenvalue weighted by atomic mass is 10.1. The number of ether oxygens (including phenoxy) is 2. The minimum absolute atomic E-state index is 0. The standard InChI is InChI=1S/C12H18N2O2.ClH/c1-8(2)7-16-11-9(12(13)14)5-4-6-10(11)15-3;/h4-6,8H,7H2,1-3H3,(H3,13,14);1H. The number of halogens is 1. The number of amidine groups is 1. The Morgan fingerprint density at radius 1 is 1.41 bits per heavy atom. The molecule has 0 heterocycles. The van der Waals surface area contributed by atoms with Crippen LogP contribution in [0.2, 0.25) is 0 Å². The summed E-state index contributed by atoms with van der Waals surface area (Å²) in [5, 5.41) is 7.48. The molecule has 0 bridgehead atoms. The summed E-state index contributed by atoms with van der Waals surface area (Å²) >= 11 is 0. The number of nitrogens with two attached hydrogens (primary N) is 1.